The van der Waals surface area contributed by atoms with Crippen LogP contribution < -0.4 is 10.5 Å². The van der Waals surface area contributed by atoms with E-state index in [0.29, 0.717) is 11.3 Å². The maximum absolute atomic E-state index is 12.3. The molecular formula is C14H21NO4S. The fraction of sp³-hybridized carbons (Fsp3) is 0.500. The van der Waals surface area contributed by atoms with E-state index in [1.165, 1.54) is 7.11 Å². The monoisotopic (exact) mass is 299 g/mol. The van der Waals surface area contributed by atoms with Gasteiger partial charge in [0.05, 0.1) is 24.5 Å². The number of rotatable bonds is 6. The lowest BCUT2D eigenvalue weighted by molar-refractivity contribution is 0.0956. The molecule has 0 spiro atoms. The number of nitrogens with two attached hydrogens (primary N) is 1. The molecule has 0 heterocycles. The fourth-order valence-electron chi connectivity index (χ4n) is 1.92. The van der Waals surface area contributed by atoms with Crippen molar-refractivity contribution >= 4 is 15.6 Å². The number of hydrogen-bond donors (Lipinski definition) is 1. The van der Waals surface area contributed by atoms with Crippen molar-refractivity contribution in [1.29, 1.82) is 0 Å². The largest absolute Gasteiger partial charge is 0.496 e. The molecule has 112 valence electrons. The second kappa shape index (κ2) is 6.37. The van der Waals surface area contributed by atoms with Gasteiger partial charge < -0.3 is 10.5 Å². The van der Waals surface area contributed by atoms with Crippen molar-refractivity contribution in [3.05, 3.63) is 28.8 Å². The highest BCUT2D eigenvalue weighted by atomic mass is 32.2. The molecule has 1 atom stereocenters. The van der Waals surface area contributed by atoms with E-state index in [1.807, 2.05) is 19.9 Å². The van der Waals surface area contributed by atoms with Crippen molar-refractivity contribution in [1.82, 2.24) is 0 Å². The van der Waals surface area contributed by atoms with E-state index in [2.05, 4.69) is 0 Å². The SMILES string of the molecule is COc1c(C(=O)C(N)CCS(C)(=O)=O)ccc(C)c1C. The molecule has 1 aromatic rings. The number of ketones is 1. The van der Waals surface area contributed by atoms with E-state index in [1.54, 1.807) is 6.07 Å². The van der Waals surface area contributed by atoms with Crippen molar-refractivity contribution in [3.63, 3.8) is 0 Å². The fourth-order valence-corrected chi connectivity index (χ4v) is 2.60. The minimum Gasteiger partial charge on any atom is -0.496 e. The van der Waals surface area contributed by atoms with Crippen LogP contribution in [0.3, 0.4) is 0 Å². The van der Waals surface area contributed by atoms with E-state index >= 15 is 0 Å². The third-order valence-electron chi connectivity index (χ3n) is 3.28. The van der Waals surface area contributed by atoms with Gasteiger partial charge in [0.15, 0.2) is 5.78 Å². The van der Waals surface area contributed by atoms with Crippen molar-refractivity contribution in [2.75, 3.05) is 19.1 Å². The highest BCUT2D eigenvalue weighted by molar-refractivity contribution is 7.90. The normalized spacial score (nSPS) is 13.1. The number of Topliss-reactive ketones (excluding diaryl/α,β-unsaturated/α-hetero) is 1. The molecule has 5 nitrogen and oxygen atoms in total. The van der Waals surface area contributed by atoms with E-state index in [9.17, 15) is 13.2 Å². The molecule has 0 aliphatic rings. The number of ether oxygens (including phenoxy) is 1. The summed E-state index contributed by atoms with van der Waals surface area (Å²) in [7, 11) is -1.63. The molecule has 0 fully saturated rings. The quantitative estimate of drug-likeness (QED) is 0.799. The van der Waals surface area contributed by atoms with Crippen LogP contribution in [0.15, 0.2) is 12.1 Å². The van der Waals surface area contributed by atoms with E-state index in [0.717, 1.165) is 17.4 Å². The minimum atomic E-state index is -3.13. The van der Waals surface area contributed by atoms with Gasteiger partial charge in [0.2, 0.25) is 0 Å². The Kier molecular flexibility index (Phi) is 5.30. The standard InChI is InChI=1S/C14H21NO4S/c1-9-5-6-11(14(19-3)10(9)2)13(16)12(15)7-8-20(4,17)18/h5-6,12H,7-8,15H2,1-4H3. The minimum absolute atomic E-state index is 0.104. The van der Waals surface area contributed by atoms with Crippen molar-refractivity contribution in [3.8, 4) is 5.75 Å². The molecule has 0 amide bonds. The summed E-state index contributed by atoms with van der Waals surface area (Å²) in [4.78, 5) is 12.3. The summed E-state index contributed by atoms with van der Waals surface area (Å²) >= 11 is 0. The lowest BCUT2D eigenvalue weighted by atomic mass is 9.97. The number of methoxy groups -OCH3 is 1. The molecule has 0 aliphatic carbocycles. The van der Waals surface area contributed by atoms with Gasteiger partial charge in [-0.3, -0.25) is 4.79 Å². The zero-order valence-electron chi connectivity index (χ0n) is 12.3. The second-order valence-electron chi connectivity index (χ2n) is 4.98. The van der Waals surface area contributed by atoms with E-state index < -0.39 is 15.9 Å². The maximum Gasteiger partial charge on any atom is 0.183 e. The third kappa shape index (κ3) is 4.05. The Morgan fingerprint density at radius 1 is 1.35 bits per heavy atom. The number of carbonyl (C=O) groups is 1. The van der Waals surface area contributed by atoms with Crippen LogP contribution in [0.5, 0.6) is 5.75 Å². The lowest BCUT2D eigenvalue weighted by Crippen LogP contribution is -2.33. The Bertz CT molecular complexity index is 608. The molecule has 20 heavy (non-hydrogen) atoms. The highest BCUT2D eigenvalue weighted by Gasteiger charge is 2.22. The number of sulfone groups is 1. The van der Waals surface area contributed by atoms with Crippen LogP contribution in [0.4, 0.5) is 0 Å². The van der Waals surface area contributed by atoms with Crippen LogP contribution >= 0.6 is 0 Å². The van der Waals surface area contributed by atoms with Crippen LogP contribution in [0.2, 0.25) is 0 Å². The van der Waals surface area contributed by atoms with Gasteiger partial charge in [0, 0.05) is 6.26 Å². The molecule has 6 heteroatoms. The topological polar surface area (TPSA) is 86.5 Å². The van der Waals surface area contributed by atoms with Gasteiger partial charge in [-0.25, -0.2) is 8.42 Å². The van der Waals surface area contributed by atoms with Gasteiger partial charge in [-0.1, -0.05) is 6.07 Å². The van der Waals surface area contributed by atoms with E-state index in [4.69, 9.17) is 10.5 Å². The Morgan fingerprint density at radius 3 is 2.45 bits per heavy atom. The van der Waals surface area contributed by atoms with Gasteiger partial charge in [0.1, 0.15) is 15.6 Å². The third-order valence-corrected chi connectivity index (χ3v) is 4.26. The van der Waals surface area contributed by atoms with Crippen LogP contribution in [-0.4, -0.2) is 39.4 Å². The predicted molar refractivity (Wildman–Crippen MR) is 79.1 cm³/mol. The molecule has 2 N–H and O–H groups in total. The molecule has 1 rings (SSSR count). The Hall–Kier alpha value is -1.40. The Balaban J connectivity index is 3.00. The summed E-state index contributed by atoms with van der Waals surface area (Å²) in [6.07, 6.45) is 1.23. The predicted octanol–water partition coefficient (Wildman–Crippen LogP) is 1.26. The molecule has 0 saturated carbocycles. The summed E-state index contributed by atoms with van der Waals surface area (Å²) in [5, 5.41) is 0. The van der Waals surface area contributed by atoms with Gasteiger partial charge in [-0.05, 0) is 37.5 Å². The molecule has 0 aliphatic heterocycles. The molecule has 0 bridgehead atoms. The van der Waals surface area contributed by atoms with Gasteiger partial charge >= 0.3 is 0 Å². The van der Waals surface area contributed by atoms with Gasteiger partial charge in [-0.2, -0.15) is 0 Å². The highest BCUT2D eigenvalue weighted by Crippen LogP contribution is 2.27. The van der Waals surface area contributed by atoms with Crippen molar-refractivity contribution in [2.24, 2.45) is 5.73 Å². The first kappa shape index (κ1) is 16.7. The first-order chi connectivity index (χ1) is 9.17. The lowest BCUT2D eigenvalue weighted by Gasteiger charge is -2.15. The summed E-state index contributed by atoms with van der Waals surface area (Å²) < 4.78 is 27.5. The number of aryl methyl sites for hydroxylation is 1. The van der Waals surface area contributed by atoms with Crippen LogP contribution in [0, 0.1) is 13.8 Å². The first-order valence-electron chi connectivity index (χ1n) is 6.29. The van der Waals surface area contributed by atoms with Gasteiger partial charge in [-0.15, -0.1) is 0 Å². The van der Waals surface area contributed by atoms with E-state index in [-0.39, 0.29) is 18.0 Å². The molecular weight excluding hydrogens is 278 g/mol. The zero-order valence-corrected chi connectivity index (χ0v) is 13.1. The second-order valence-corrected chi connectivity index (χ2v) is 7.24. The molecule has 0 saturated heterocycles. The summed E-state index contributed by atoms with van der Waals surface area (Å²) in [6.45, 7) is 3.79. The molecule has 1 aromatic carbocycles. The van der Waals surface area contributed by atoms with Crippen molar-refractivity contribution < 1.29 is 17.9 Å². The van der Waals surface area contributed by atoms with Gasteiger partial charge in [0.25, 0.3) is 0 Å². The van der Waals surface area contributed by atoms with Crippen LogP contribution in [-0.2, 0) is 9.84 Å². The Morgan fingerprint density at radius 2 is 1.95 bits per heavy atom. The summed E-state index contributed by atoms with van der Waals surface area (Å²) in [5.74, 6) is 0.103. The molecule has 1 unspecified atom stereocenters. The van der Waals surface area contributed by atoms with Crippen LogP contribution in [0.1, 0.15) is 27.9 Å². The Labute approximate surface area is 120 Å². The maximum atomic E-state index is 12.3. The summed E-state index contributed by atoms with van der Waals surface area (Å²) in [6, 6.07) is 2.65. The average Bonchev–Trinajstić information content (AvgIpc) is 2.37. The zero-order chi connectivity index (χ0) is 15.5. The summed E-state index contributed by atoms with van der Waals surface area (Å²) in [5.41, 5.74) is 8.10. The molecule has 0 aromatic heterocycles. The van der Waals surface area contributed by atoms with Crippen molar-refractivity contribution in [2.45, 2.75) is 26.3 Å². The number of benzene rings is 1. The average molecular weight is 299 g/mol. The first-order valence-corrected chi connectivity index (χ1v) is 8.35. The smallest absolute Gasteiger partial charge is 0.183 e. The number of carbonyl (C=O) groups excluding carboxylic acids is 1. The molecule has 0 radical (unpaired) electrons. The number of hydrogen-bond acceptors (Lipinski definition) is 5. The van der Waals surface area contributed by atoms with Crippen LogP contribution in [0.25, 0.3) is 0 Å².